The number of halogens is 4. The number of hydrogen-bond acceptors (Lipinski definition) is 2. The van der Waals surface area contributed by atoms with E-state index in [1.54, 1.807) is 0 Å². The van der Waals surface area contributed by atoms with Crippen molar-refractivity contribution >= 4 is 32.9 Å². The van der Waals surface area contributed by atoms with Crippen molar-refractivity contribution in [1.82, 2.24) is 0 Å². The molecule has 1 aromatic rings. The maximum absolute atomic E-state index is 11.9. The topological polar surface area (TPSA) is 34.1 Å². The minimum atomic E-state index is -5.25. The molecule has 0 aliphatic carbocycles. The molecular formula is C7H4ClF3MgO2S. The summed E-state index contributed by atoms with van der Waals surface area (Å²) >= 11 is 0. The fourth-order valence-electron chi connectivity index (χ4n) is 0.678. The maximum Gasteiger partial charge on any atom is 2.00 e. The fraction of sp³-hybridized carbons (Fsp3) is 0.143. The summed E-state index contributed by atoms with van der Waals surface area (Å²) in [4.78, 5) is -0.789. The molecule has 0 unspecified atom stereocenters. The number of hydrogen-bond donors (Lipinski definition) is 0. The van der Waals surface area contributed by atoms with Crippen LogP contribution >= 0.6 is 0 Å². The van der Waals surface area contributed by atoms with Crippen LogP contribution in [0.2, 0.25) is 0 Å². The van der Waals surface area contributed by atoms with Crippen LogP contribution in [0.1, 0.15) is 0 Å². The largest absolute Gasteiger partial charge is 2.00 e. The van der Waals surface area contributed by atoms with E-state index < -0.39 is 20.2 Å². The number of benzene rings is 1. The molecule has 0 amide bonds. The molecule has 0 atom stereocenters. The molecule has 0 saturated heterocycles. The molecule has 0 aromatic heterocycles. The second kappa shape index (κ2) is 5.93. The van der Waals surface area contributed by atoms with Gasteiger partial charge in [0.1, 0.15) is 0 Å². The Balaban J connectivity index is 0. The summed E-state index contributed by atoms with van der Waals surface area (Å²) < 4.78 is 57.2. The molecule has 2 nitrogen and oxygen atoms in total. The molecule has 0 N–H and O–H groups in total. The van der Waals surface area contributed by atoms with Crippen LogP contribution in [-0.2, 0) is 9.84 Å². The van der Waals surface area contributed by atoms with Gasteiger partial charge in [0.25, 0.3) is 0 Å². The summed E-state index contributed by atoms with van der Waals surface area (Å²) in [6, 6.07) is 6.41. The third kappa shape index (κ3) is 3.82. The molecule has 8 heteroatoms. The Morgan fingerprint density at radius 1 is 1.27 bits per heavy atom. The van der Waals surface area contributed by atoms with Crippen LogP contribution in [0.4, 0.5) is 13.2 Å². The standard InChI is InChI=1S/C7H4F3O2S.ClH.Mg/c8-7(9,10)13(11,12)6-4-2-1-3-5-6;;/h1-2,4-5H;1H;/q-1;;+2/p-1. The van der Waals surface area contributed by atoms with Gasteiger partial charge in [-0.3, -0.25) is 0 Å². The van der Waals surface area contributed by atoms with E-state index in [1.807, 2.05) is 0 Å². The Kier molecular flexibility index (Phi) is 6.88. The van der Waals surface area contributed by atoms with Gasteiger partial charge in [0.05, 0.1) is 0 Å². The third-order valence-electron chi connectivity index (χ3n) is 1.29. The van der Waals surface area contributed by atoms with E-state index in [0.29, 0.717) is 0 Å². The molecule has 0 spiro atoms. The fourth-order valence-corrected chi connectivity index (χ4v) is 1.43. The molecule has 0 radical (unpaired) electrons. The van der Waals surface area contributed by atoms with E-state index >= 15 is 0 Å². The smallest absolute Gasteiger partial charge is 1.00 e. The van der Waals surface area contributed by atoms with Crippen molar-refractivity contribution in [3.63, 3.8) is 0 Å². The second-order valence-corrected chi connectivity index (χ2v) is 4.13. The van der Waals surface area contributed by atoms with Gasteiger partial charge in [0, 0.05) is 0 Å². The molecule has 0 saturated carbocycles. The summed E-state index contributed by atoms with van der Waals surface area (Å²) in [5.41, 5.74) is -5.25. The average Bonchev–Trinajstić information content (AvgIpc) is 2.04. The van der Waals surface area contributed by atoms with Gasteiger partial charge >= 0.3 is 28.6 Å². The Hall–Kier alpha value is 0.0162. The number of sulfone groups is 1. The first-order valence-electron chi connectivity index (χ1n) is 3.13. The first-order valence-corrected chi connectivity index (χ1v) is 4.61. The van der Waals surface area contributed by atoms with Crippen molar-refractivity contribution < 1.29 is 34.0 Å². The van der Waals surface area contributed by atoms with Gasteiger partial charge in [0.15, 0.2) is 0 Å². The van der Waals surface area contributed by atoms with Crippen molar-refractivity contribution in [2.45, 2.75) is 10.4 Å². The molecule has 0 fully saturated rings. The van der Waals surface area contributed by atoms with E-state index in [2.05, 4.69) is 6.07 Å². The normalized spacial score (nSPS) is 11.1. The predicted octanol–water partition coefficient (Wildman–Crippen LogP) is -1.60. The van der Waals surface area contributed by atoms with Crippen LogP contribution in [0, 0.1) is 6.07 Å². The third-order valence-corrected chi connectivity index (χ3v) is 2.78. The zero-order chi connectivity index (χ0) is 10.1. The van der Waals surface area contributed by atoms with Gasteiger partial charge in [-0.15, -0.1) is 0 Å². The molecule has 1 rings (SSSR count). The Morgan fingerprint density at radius 2 is 1.80 bits per heavy atom. The Bertz CT molecular complexity index is 390. The zero-order valence-electron chi connectivity index (χ0n) is 7.25. The van der Waals surface area contributed by atoms with Crippen LogP contribution in [0.15, 0.2) is 29.2 Å². The average molecular weight is 269 g/mol. The monoisotopic (exact) mass is 268 g/mol. The number of alkyl halides is 3. The molecule has 1 aromatic carbocycles. The van der Waals surface area contributed by atoms with E-state index in [-0.39, 0.29) is 35.5 Å². The zero-order valence-corrected chi connectivity index (χ0v) is 10.2. The van der Waals surface area contributed by atoms with Crippen LogP contribution in [0.3, 0.4) is 0 Å². The first-order chi connectivity index (χ1) is 5.86. The van der Waals surface area contributed by atoms with Crippen LogP contribution in [0.25, 0.3) is 0 Å². The van der Waals surface area contributed by atoms with Crippen molar-refractivity contribution in [3.8, 4) is 0 Å². The summed E-state index contributed by atoms with van der Waals surface area (Å²) in [6.45, 7) is 0. The van der Waals surface area contributed by atoms with Crippen molar-refractivity contribution in [2.24, 2.45) is 0 Å². The van der Waals surface area contributed by atoms with Gasteiger partial charge < -0.3 is 12.4 Å². The molecule has 15 heavy (non-hydrogen) atoms. The molecule has 0 bridgehead atoms. The van der Waals surface area contributed by atoms with Gasteiger partial charge in [-0.1, -0.05) is 0 Å². The van der Waals surface area contributed by atoms with Crippen molar-refractivity contribution in [2.75, 3.05) is 0 Å². The molecule has 0 heterocycles. The minimum absolute atomic E-state index is 0. The molecule has 0 aliphatic heterocycles. The van der Waals surface area contributed by atoms with E-state index in [0.717, 1.165) is 12.1 Å². The molecule has 0 aliphatic rings. The van der Waals surface area contributed by atoms with Gasteiger partial charge in [-0.25, -0.2) is 8.42 Å². The summed E-state index contributed by atoms with van der Waals surface area (Å²) in [5, 5.41) is 0. The molecular weight excluding hydrogens is 265 g/mol. The second-order valence-electron chi connectivity index (χ2n) is 2.19. The Labute approximate surface area is 107 Å². The van der Waals surface area contributed by atoms with Crippen LogP contribution < -0.4 is 12.4 Å². The summed E-state index contributed by atoms with van der Waals surface area (Å²) in [6.07, 6.45) is 0. The van der Waals surface area contributed by atoms with Crippen molar-refractivity contribution in [3.05, 3.63) is 30.3 Å². The van der Waals surface area contributed by atoms with E-state index in [1.165, 1.54) is 12.1 Å². The summed E-state index contributed by atoms with van der Waals surface area (Å²) in [7, 11) is -5.21. The predicted molar refractivity (Wildman–Crippen MR) is 44.3 cm³/mol. The maximum atomic E-state index is 11.9. The number of rotatable bonds is 1. The first kappa shape index (κ1) is 17.4. The van der Waals surface area contributed by atoms with E-state index in [4.69, 9.17) is 0 Å². The van der Waals surface area contributed by atoms with Crippen molar-refractivity contribution in [1.29, 1.82) is 0 Å². The minimum Gasteiger partial charge on any atom is -1.00 e. The van der Waals surface area contributed by atoms with Gasteiger partial charge in [-0.05, 0) is 4.90 Å². The Morgan fingerprint density at radius 3 is 2.13 bits per heavy atom. The molecule has 80 valence electrons. The van der Waals surface area contributed by atoms with E-state index in [9.17, 15) is 21.6 Å². The quantitative estimate of drug-likeness (QED) is 0.454. The van der Waals surface area contributed by atoms with Crippen LogP contribution in [0.5, 0.6) is 0 Å². The van der Waals surface area contributed by atoms with Crippen LogP contribution in [-0.4, -0.2) is 37.0 Å². The summed E-state index contributed by atoms with van der Waals surface area (Å²) in [5.74, 6) is 0. The van der Waals surface area contributed by atoms with Gasteiger partial charge in [-0.2, -0.15) is 43.5 Å². The SMILES string of the molecule is O=S(=O)(c1c[c-]ccc1)C(F)(F)F.[Cl-].[Mg+2]. The van der Waals surface area contributed by atoms with Gasteiger partial charge in [0.2, 0.25) is 9.84 Å².